The molecule has 0 aliphatic rings. The van der Waals surface area contributed by atoms with Gasteiger partial charge in [-0.1, -0.05) is 41.9 Å². The Hall–Kier alpha value is -2.77. The summed E-state index contributed by atoms with van der Waals surface area (Å²) in [6.07, 6.45) is 0.649. The third kappa shape index (κ3) is 6.96. The second kappa shape index (κ2) is 11.3. The highest BCUT2D eigenvalue weighted by molar-refractivity contribution is 6.32. The van der Waals surface area contributed by atoms with Crippen molar-refractivity contribution in [3.05, 3.63) is 58.6 Å². The molecule has 0 bridgehead atoms. The van der Waals surface area contributed by atoms with Crippen LogP contribution < -0.4 is 20.5 Å². The van der Waals surface area contributed by atoms with Crippen molar-refractivity contribution in [2.24, 2.45) is 5.73 Å². The first-order valence-corrected chi connectivity index (χ1v) is 9.53. The number of rotatable bonds is 11. The molecule has 2 amide bonds. The van der Waals surface area contributed by atoms with Crippen molar-refractivity contribution in [2.45, 2.75) is 19.4 Å². The Morgan fingerprint density at radius 3 is 2.59 bits per heavy atom. The first-order valence-electron chi connectivity index (χ1n) is 9.15. The van der Waals surface area contributed by atoms with Gasteiger partial charge in [-0.15, -0.1) is 0 Å². The van der Waals surface area contributed by atoms with Crippen molar-refractivity contribution in [2.75, 3.05) is 26.9 Å². The minimum absolute atomic E-state index is 0.0112. The first kappa shape index (κ1) is 22.5. The molecular weight excluding hydrogens is 396 g/mol. The lowest BCUT2D eigenvalue weighted by Gasteiger charge is -2.14. The van der Waals surface area contributed by atoms with Crippen LogP contribution in [0.1, 0.15) is 35.4 Å². The molecule has 1 unspecified atom stereocenters. The Bertz CT molecular complexity index is 829. The molecule has 0 spiro atoms. The molecule has 156 valence electrons. The van der Waals surface area contributed by atoms with Crippen LogP contribution in [0.25, 0.3) is 0 Å². The van der Waals surface area contributed by atoms with Gasteiger partial charge in [0.05, 0.1) is 18.2 Å². The molecule has 0 fully saturated rings. The summed E-state index contributed by atoms with van der Waals surface area (Å²) in [4.78, 5) is 23.3. The van der Waals surface area contributed by atoms with Gasteiger partial charge in [-0.05, 0) is 31.0 Å². The quantitative estimate of drug-likeness (QED) is 0.544. The molecule has 0 saturated heterocycles. The van der Waals surface area contributed by atoms with Crippen LogP contribution in [-0.4, -0.2) is 38.7 Å². The maximum Gasteiger partial charge on any atom is 0.255 e. The molecule has 0 aliphatic heterocycles. The predicted octanol–water partition coefficient (Wildman–Crippen LogP) is 3.11. The van der Waals surface area contributed by atoms with Crippen LogP contribution in [0.15, 0.2) is 42.5 Å². The van der Waals surface area contributed by atoms with E-state index in [0.717, 1.165) is 5.56 Å². The van der Waals surface area contributed by atoms with E-state index in [-0.39, 0.29) is 35.1 Å². The molecule has 8 heteroatoms. The summed E-state index contributed by atoms with van der Waals surface area (Å²) in [5, 5.41) is 2.96. The summed E-state index contributed by atoms with van der Waals surface area (Å²) in [5.74, 6) is -0.548. The molecule has 0 aliphatic carbocycles. The molecule has 3 N–H and O–H groups in total. The zero-order valence-electron chi connectivity index (χ0n) is 16.4. The number of nitrogens with two attached hydrogens (primary N) is 1. The molecule has 0 saturated carbocycles. The number of ether oxygens (including phenoxy) is 3. The summed E-state index contributed by atoms with van der Waals surface area (Å²) >= 11 is 6.16. The van der Waals surface area contributed by atoms with E-state index in [0.29, 0.717) is 25.1 Å². The van der Waals surface area contributed by atoms with Gasteiger partial charge in [-0.3, -0.25) is 9.59 Å². The summed E-state index contributed by atoms with van der Waals surface area (Å²) in [5.41, 5.74) is 6.49. The van der Waals surface area contributed by atoms with E-state index in [2.05, 4.69) is 5.32 Å². The number of carbonyl (C=O) groups is 2. The Morgan fingerprint density at radius 2 is 1.93 bits per heavy atom. The van der Waals surface area contributed by atoms with Crippen molar-refractivity contribution < 1.29 is 23.8 Å². The largest absolute Gasteiger partial charge is 0.493 e. The average molecular weight is 421 g/mol. The number of amides is 2. The van der Waals surface area contributed by atoms with Gasteiger partial charge in [0.2, 0.25) is 0 Å². The molecule has 2 aromatic rings. The van der Waals surface area contributed by atoms with Crippen LogP contribution in [0.5, 0.6) is 11.5 Å². The van der Waals surface area contributed by atoms with E-state index in [9.17, 15) is 9.59 Å². The summed E-state index contributed by atoms with van der Waals surface area (Å²) in [7, 11) is 1.41. The monoisotopic (exact) mass is 420 g/mol. The number of primary amides is 1. The SMILES string of the molecule is COc1cc(C(=O)NCCCOC(C)c2ccccc2)cc(Cl)c1OCC(N)=O. The minimum atomic E-state index is -0.645. The normalized spacial score (nSPS) is 11.6. The third-order valence-electron chi connectivity index (χ3n) is 4.09. The fourth-order valence-corrected chi connectivity index (χ4v) is 2.86. The van der Waals surface area contributed by atoms with Gasteiger partial charge in [0.1, 0.15) is 0 Å². The lowest BCUT2D eigenvalue weighted by molar-refractivity contribution is -0.119. The standard InChI is InChI=1S/C21H25ClN2O5/c1-14(15-7-4-3-5-8-15)28-10-6-9-24-21(26)16-11-17(22)20(18(12-16)27-2)29-13-19(23)25/h3-5,7-8,11-12,14H,6,9-10,13H2,1-2H3,(H2,23,25)(H,24,26). The van der Waals surface area contributed by atoms with Crippen LogP contribution in [0.4, 0.5) is 0 Å². The predicted molar refractivity (Wildman–Crippen MR) is 110 cm³/mol. The number of nitrogens with one attached hydrogen (secondary N) is 1. The smallest absolute Gasteiger partial charge is 0.255 e. The van der Waals surface area contributed by atoms with Crippen molar-refractivity contribution in [1.29, 1.82) is 0 Å². The average Bonchev–Trinajstić information content (AvgIpc) is 2.72. The van der Waals surface area contributed by atoms with Crippen molar-refractivity contribution in [3.8, 4) is 11.5 Å². The molecule has 0 heterocycles. The zero-order chi connectivity index (χ0) is 21.2. The molecule has 0 aromatic heterocycles. The van der Waals surface area contributed by atoms with E-state index in [1.54, 1.807) is 0 Å². The van der Waals surface area contributed by atoms with Gasteiger partial charge in [0, 0.05) is 18.7 Å². The summed E-state index contributed by atoms with van der Waals surface area (Å²) in [6, 6.07) is 12.9. The molecule has 1 atom stereocenters. The number of methoxy groups -OCH3 is 1. The lowest BCUT2D eigenvalue weighted by Crippen LogP contribution is -2.25. The molecule has 29 heavy (non-hydrogen) atoms. The third-order valence-corrected chi connectivity index (χ3v) is 4.37. The van der Waals surface area contributed by atoms with Crippen LogP contribution in [-0.2, 0) is 9.53 Å². The van der Waals surface area contributed by atoms with Crippen LogP contribution in [0.3, 0.4) is 0 Å². The van der Waals surface area contributed by atoms with Gasteiger partial charge in [0.15, 0.2) is 18.1 Å². The Kier molecular flexibility index (Phi) is 8.76. The maximum atomic E-state index is 12.4. The number of halogens is 1. The van der Waals surface area contributed by atoms with Gasteiger partial charge >= 0.3 is 0 Å². The molecule has 0 radical (unpaired) electrons. The minimum Gasteiger partial charge on any atom is -0.493 e. The van der Waals surface area contributed by atoms with Crippen molar-refractivity contribution >= 4 is 23.4 Å². The molecule has 7 nitrogen and oxygen atoms in total. The lowest BCUT2D eigenvalue weighted by atomic mass is 10.1. The van der Waals surface area contributed by atoms with Gasteiger partial charge in [-0.25, -0.2) is 0 Å². The van der Waals surface area contributed by atoms with Crippen molar-refractivity contribution in [3.63, 3.8) is 0 Å². The Labute approximate surface area is 175 Å². The summed E-state index contributed by atoms with van der Waals surface area (Å²) < 4.78 is 16.2. The van der Waals surface area contributed by atoms with E-state index in [1.165, 1.54) is 19.2 Å². The fraction of sp³-hybridized carbons (Fsp3) is 0.333. The number of hydrogen-bond donors (Lipinski definition) is 2. The topological polar surface area (TPSA) is 99.9 Å². The van der Waals surface area contributed by atoms with Gasteiger partial charge < -0.3 is 25.3 Å². The van der Waals surface area contributed by atoms with E-state index < -0.39 is 5.91 Å². The number of carbonyl (C=O) groups excluding carboxylic acids is 2. The molecule has 2 aromatic carbocycles. The van der Waals surface area contributed by atoms with Crippen LogP contribution in [0.2, 0.25) is 5.02 Å². The number of benzene rings is 2. The van der Waals surface area contributed by atoms with E-state index in [1.807, 2.05) is 37.3 Å². The fourth-order valence-electron chi connectivity index (χ4n) is 2.59. The van der Waals surface area contributed by atoms with Crippen molar-refractivity contribution in [1.82, 2.24) is 5.32 Å². The van der Waals surface area contributed by atoms with E-state index >= 15 is 0 Å². The maximum absolute atomic E-state index is 12.4. The molecule has 2 rings (SSSR count). The summed E-state index contributed by atoms with van der Waals surface area (Å²) in [6.45, 7) is 2.60. The highest BCUT2D eigenvalue weighted by atomic mass is 35.5. The Balaban J connectivity index is 1.84. The zero-order valence-corrected chi connectivity index (χ0v) is 17.2. The first-order chi connectivity index (χ1) is 13.9. The van der Waals surface area contributed by atoms with Gasteiger partial charge in [-0.2, -0.15) is 0 Å². The van der Waals surface area contributed by atoms with Crippen LogP contribution in [0, 0.1) is 0 Å². The highest BCUT2D eigenvalue weighted by Gasteiger charge is 2.16. The second-order valence-corrected chi connectivity index (χ2v) is 6.68. The Morgan fingerprint density at radius 1 is 1.21 bits per heavy atom. The second-order valence-electron chi connectivity index (χ2n) is 6.28. The highest BCUT2D eigenvalue weighted by Crippen LogP contribution is 2.36. The van der Waals surface area contributed by atoms with Crippen LogP contribution >= 0.6 is 11.6 Å². The number of hydrogen-bond acceptors (Lipinski definition) is 5. The molecular formula is C21H25ClN2O5. The van der Waals surface area contributed by atoms with E-state index in [4.69, 9.17) is 31.5 Å². The van der Waals surface area contributed by atoms with Gasteiger partial charge in [0.25, 0.3) is 11.8 Å².